The molecule has 0 heterocycles. The molecule has 4 heteroatoms. The Morgan fingerprint density at radius 3 is 2.52 bits per heavy atom. The van der Waals surface area contributed by atoms with E-state index in [1.54, 1.807) is 0 Å². The van der Waals surface area contributed by atoms with Gasteiger partial charge in [-0.15, -0.1) is 0 Å². The number of hydrogen-bond donors (Lipinski definition) is 2. The van der Waals surface area contributed by atoms with Gasteiger partial charge >= 0.3 is 0 Å². The van der Waals surface area contributed by atoms with E-state index in [0.29, 0.717) is 12.5 Å². The van der Waals surface area contributed by atoms with Gasteiger partial charge in [0.15, 0.2) is 5.96 Å². The molecule has 0 saturated heterocycles. The number of unbranched alkanes of at least 4 members (excludes halogenated alkanes) is 1. The third-order valence-corrected chi connectivity index (χ3v) is 3.42. The minimum atomic E-state index is 0.440. The second-order valence-electron chi connectivity index (χ2n) is 5.35. The largest absolute Gasteiger partial charge is 0.494 e. The van der Waals surface area contributed by atoms with Crippen LogP contribution >= 0.6 is 0 Å². The monoisotopic (exact) mass is 311 g/mol. The van der Waals surface area contributed by atoms with E-state index in [1.165, 1.54) is 5.56 Å². The van der Waals surface area contributed by atoms with E-state index in [-0.39, 0.29) is 0 Å². The minimum absolute atomic E-state index is 0.440. The number of nitrogens with zero attached hydrogens (tertiary/aromatic N) is 1. The maximum absolute atomic E-state index is 5.88. The standard InChI is InChI=1S/C19H25N3O/c1-2-3-15-23-18-11-9-16(10-12-18)13-14-21-19(20)22-17-7-5-4-6-8-17/h4-12H,2-3,13-15H2,1H3,(H3,20,21,22). The number of nitrogens with two attached hydrogens (primary N) is 1. The molecule has 0 aliphatic rings. The molecular weight excluding hydrogens is 286 g/mol. The number of anilines is 1. The molecule has 122 valence electrons. The lowest BCUT2D eigenvalue weighted by atomic mass is 10.1. The molecule has 0 radical (unpaired) electrons. The predicted octanol–water partition coefficient (Wildman–Crippen LogP) is 3.83. The molecule has 0 fully saturated rings. The number of para-hydroxylation sites is 1. The average Bonchev–Trinajstić information content (AvgIpc) is 2.57. The number of ether oxygens (including phenoxy) is 1. The smallest absolute Gasteiger partial charge is 0.193 e. The zero-order valence-corrected chi connectivity index (χ0v) is 13.7. The number of benzene rings is 2. The van der Waals surface area contributed by atoms with E-state index in [1.807, 2.05) is 42.5 Å². The maximum Gasteiger partial charge on any atom is 0.193 e. The first-order valence-corrected chi connectivity index (χ1v) is 8.11. The Bertz CT molecular complexity index is 594. The van der Waals surface area contributed by atoms with Gasteiger partial charge in [0.1, 0.15) is 5.75 Å². The molecule has 0 aromatic heterocycles. The highest BCUT2D eigenvalue weighted by Gasteiger charge is 1.97. The molecular formula is C19H25N3O. The van der Waals surface area contributed by atoms with Crippen LogP contribution in [0.4, 0.5) is 5.69 Å². The van der Waals surface area contributed by atoms with Gasteiger partial charge in [0.05, 0.1) is 6.61 Å². The third-order valence-electron chi connectivity index (χ3n) is 3.42. The summed E-state index contributed by atoms with van der Waals surface area (Å²) in [7, 11) is 0. The molecule has 2 aromatic carbocycles. The zero-order chi connectivity index (χ0) is 16.3. The first-order valence-electron chi connectivity index (χ1n) is 8.11. The minimum Gasteiger partial charge on any atom is -0.494 e. The number of hydrogen-bond acceptors (Lipinski definition) is 2. The molecule has 4 nitrogen and oxygen atoms in total. The molecule has 0 bridgehead atoms. The molecule has 0 aliphatic heterocycles. The number of nitrogens with one attached hydrogen (secondary N) is 1. The summed E-state index contributed by atoms with van der Waals surface area (Å²) < 4.78 is 5.65. The second kappa shape index (κ2) is 9.51. The van der Waals surface area contributed by atoms with Crippen LogP contribution in [0.25, 0.3) is 0 Å². The Morgan fingerprint density at radius 2 is 1.83 bits per heavy atom. The Morgan fingerprint density at radius 1 is 1.09 bits per heavy atom. The van der Waals surface area contributed by atoms with Crippen molar-refractivity contribution in [3.8, 4) is 5.75 Å². The molecule has 2 aromatic rings. The molecule has 0 saturated carbocycles. The third kappa shape index (κ3) is 6.43. The van der Waals surface area contributed by atoms with Crippen LogP contribution in [0.15, 0.2) is 59.6 Å². The fraction of sp³-hybridized carbons (Fsp3) is 0.316. The summed E-state index contributed by atoms with van der Waals surface area (Å²) in [6.45, 7) is 3.59. The first-order chi connectivity index (χ1) is 11.3. The fourth-order valence-corrected chi connectivity index (χ4v) is 2.10. The summed E-state index contributed by atoms with van der Waals surface area (Å²) in [4.78, 5) is 4.35. The van der Waals surface area contributed by atoms with Crippen LogP contribution in [-0.4, -0.2) is 19.1 Å². The molecule has 23 heavy (non-hydrogen) atoms. The summed E-state index contributed by atoms with van der Waals surface area (Å²) in [5.41, 5.74) is 8.05. The van der Waals surface area contributed by atoms with Gasteiger partial charge in [-0.3, -0.25) is 4.99 Å². The van der Waals surface area contributed by atoms with E-state index in [4.69, 9.17) is 10.5 Å². The van der Waals surface area contributed by atoms with Gasteiger partial charge in [-0.2, -0.15) is 0 Å². The Balaban J connectivity index is 1.75. The highest BCUT2D eigenvalue weighted by atomic mass is 16.5. The molecule has 0 aliphatic carbocycles. The van der Waals surface area contributed by atoms with Gasteiger partial charge in [-0.25, -0.2) is 0 Å². The Kier molecular flexibility index (Phi) is 6.98. The van der Waals surface area contributed by atoms with Crippen LogP contribution in [0.3, 0.4) is 0 Å². The predicted molar refractivity (Wildman–Crippen MR) is 97.1 cm³/mol. The van der Waals surface area contributed by atoms with Crippen molar-refractivity contribution in [2.45, 2.75) is 26.2 Å². The summed E-state index contributed by atoms with van der Waals surface area (Å²) in [6, 6.07) is 18.0. The van der Waals surface area contributed by atoms with Crippen molar-refractivity contribution >= 4 is 11.6 Å². The number of aliphatic imine (C=N–C) groups is 1. The van der Waals surface area contributed by atoms with Gasteiger partial charge < -0.3 is 15.8 Å². The van der Waals surface area contributed by atoms with Crippen LogP contribution in [0.1, 0.15) is 25.3 Å². The Labute approximate surface area is 138 Å². The Hall–Kier alpha value is -2.49. The first kappa shape index (κ1) is 16.9. The summed E-state index contributed by atoms with van der Waals surface area (Å²) >= 11 is 0. The molecule has 2 rings (SSSR count). The molecule has 0 unspecified atom stereocenters. The maximum atomic E-state index is 5.88. The topological polar surface area (TPSA) is 59.6 Å². The number of guanidine groups is 1. The van der Waals surface area contributed by atoms with Crippen LogP contribution < -0.4 is 15.8 Å². The van der Waals surface area contributed by atoms with Crippen molar-refractivity contribution in [3.05, 3.63) is 60.2 Å². The fourth-order valence-electron chi connectivity index (χ4n) is 2.10. The van der Waals surface area contributed by atoms with Crippen molar-refractivity contribution in [1.82, 2.24) is 0 Å². The van der Waals surface area contributed by atoms with Crippen LogP contribution in [0.2, 0.25) is 0 Å². The van der Waals surface area contributed by atoms with Crippen molar-refractivity contribution < 1.29 is 4.74 Å². The van der Waals surface area contributed by atoms with Gasteiger partial charge in [-0.1, -0.05) is 43.7 Å². The van der Waals surface area contributed by atoms with Gasteiger partial charge in [0, 0.05) is 12.2 Å². The van der Waals surface area contributed by atoms with Gasteiger partial charge in [0.2, 0.25) is 0 Å². The van der Waals surface area contributed by atoms with Gasteiger partial charge in [-0.05, 0) is 42.7 Å². The normalized spacial score (nSPS) is 11.3. The van der Waals surface area contributed by atoms with E-state index >= 15 is 0 Å². The highest BCUT2D eigenvalue weighted by molar-refractivity contribution is 5.92. The van der Waals surface area contributed by atoms with Gasteiger partial charge in [0.25, 0.3) is 0 Å². The van der Waals surface area contributed by atoms with Crippen molar-refractivity contribution in [2.24, 2.45) is 10.7 Å². The summed E-state index contributed by atoms with van der Waals surface area (Å²) in [6.07, 6.45) is 3.09. The lowest BCUT2D eigenvalue weighted by Crippen LogP contribution is -2.23. The zero-order valence-electron chi connectivity index (χ0n) is 13.7. The average molecular weight is 311 g/mol. The summed E-state index contributed by atoms with van der Waals surface area (Å²) in [5, 5.41) is 3.07. The van der Waals surface area contributed by atoms with E-state index in [2.05, 4.69) is 29.4 Å². The van der Waals surface area contributed by atoms with Crippen molar-refractivity contribution in [2.75, 3.05) is 18.5 Å². The molecule has 0 atom stereocenters. The van der Waals surface area contributed by atoms with E-state index < -0.39 is 0 Å². The van der Waals surface area contributed by atoms with E-state index in [0.717, 1.165) is 37.3 Å². The second-order valence-corrected chi connectivity index (χ2v) is 5.35. The lowest BCUT2D eigenvalue weighted by Gasteiger charge is -2.07. The van der Waals surface area contributed by atoms with Crippen LogP contribution in [0, 0.1) is 0 Å². The SMILES string of the molecule is CCCCOc1ccc(CCN=C(N)Nc2ccccc2)cc1. The van der Waals surface area contributed by atoms with Crippen LogP contribution in [-0.2, 0) is 6.42 Å². The molecule has 0 amide bonds. The van der Waals surface area contributed by atoms with E-state index in [9.17, 15) is 0 Å². The highest BCUT2D eigenvalue weighted by Crippen LogP contribution is 2.13. The van der Waals surface area contributed by atoms with Crippen molar-refractivity contribution in [1.29, 1.82) is 0 Å². The van der Waals surface area contributed by atoms with Crippen LogP contribution in [0.5, 0.6) is 5.75 Å². The lowest BCUT2D eigenvalue weighted by molar-refractivity contribution is 0.309. The molecule has 0 spiro atoms. The quantitative estimate of drug-likeness (QED) is 0.442. The van der Waals surface area contributed by atoms with Crippen molar-refractivity contribution in [3.63, 3.8) is 0 Å². The summed E-state index contributed by atoms with van der Waals surface area (Å²) in [5.74, 6) is 1.37. The molecule has 3 N–H and O–H groups in total. The number of rotatable bonds is 8.